The van der Waals surface area contributed by atoms with E-state index in [1.54, 1.807) is 5.37 Å². The second kappa shape index (κ2) is 8.83. The molecule has 0 N–H and O–H groups in total. The number of rotatable bonds is 0. The van der Waals surface area contributed by atoms with Gasteiger partial charge in [0.2, 0.25) is 0 Å². The summed E-state index contributed by atoms with van der Waals surface area (Å²) < 4.78 is 0. The molecule has 0 fully saturated rings. The molecule has 0 radical (unpaired) electrons. The van der Waals surface area contributed by atoms with E-state index in [1.807, 2.05) is 6.92 Å². The van der Waals surface area contributed by atoms with Crippen LogP contribution in [-0.2, 0) is 0 Å². The third-order valence-corrected chi connectivity index (χ3v) is 0. The van der Waals surface area contributed by atoms with Crippen LogP contribution in [0.1, 0.15) is 6.92 Å². The van der Waals surface area contributed by atoms with Gasteiger partial charge in [-0.05, 0) is 12.3 Å². The van der Waals surface area contributed by atoms with Crippen LogP contribution in [0.5, 0.6) is 0 Å². The van der Waals surface area contributed by atoms with Gasteiger partial charge < -0.3 is 0 Å². The molecule has 4 heavy (non-hydrogen) atoms. The van der Waals surface area contributed by atoms with E-state index in [2.05, 4.69) is 12.2 Å². The molecular weight excluding hydrogens is 95.2 g/mol. The van der Waals surface area contributed by atoms with Crippen molar-refractivity contribution in [1.82, 2.24) is 0 Å². The summed E-state index contributed by atoms with van der Waals surface area (Å²) >= 11 is 4.27. The summed E-state index contributed by atoms with van der Waals surface area (Å²) in [5.41, 5.74) is 0. The second-order valence-electron chi connectivity index (χ2n) is 0.236. The van der Waals surface area contributed by atoms with Crippen LogP contribution in [0.2, 0.25) is 0 Å². The van der Waals surface area contributed by atoms with E-state index in [0.717, 1.165) is 0 Å². The molecule has 0 aliphatic carbocycles. The Bertz CT molecular complexity index is 13.5. The van der Waals surface area contributed by atoms with Gasteiger partial charge in [-0.15, -0.1) is 0 Å². The quantitative estimate of drug-likeness (QED) is 0.313. The van der Waals surface area contributed by atoms with Crippen molar-refractivity contribution in [3.8, 4) is 0 Å². The fourth-order valence-electron chi connectivity index (χ4n) is 0. The van der Waals surface area contributed by atoms with Crippen LogP contribution in [0.4, 0.5) is 0 Å². The van der Waals surface area contributed by atoms with Crippen LogP contribution in [0.25, 0.3) is 0 Å². The zero-order valence-electron chi connectivity index (χ0n) is 1.99. The topological polar surface area (TPSA) is 0 Å². The third kappa shape index (κ3) is 9.29. The molecule has 0 heterocycles. The first-order valence-electron chi connectivity index (χ1n) is 0.813. The van der Waals surface area contributed by atoms with Gasteiger partial charge in [0.15, 0.2) is 0 Å². The van der Waals surface area contributed by atoms with E-state index >= 15 is 0 Å². The summed E-state index contributed by atoms with van der Waals surface area (Å²) in [6.45, 7) is 1.81. The van der Waals surface area contributed by atoms with Gasteiger partial charge in [0.1, 0.15) is 0 Å². The van der Waals surface area contributed by atoms with Gasteiger partial charge in [-0.1, -0.05) is 12.2 Å². The van der Waals surface area contributed by atoms with Crippen molar-refractivity contribution >= 4 is 69.0 Å². The van der Waals surface area contributed by atoms with E-state index in [0.29, 0.717) is 0 Å². The maximum atomic E-state index is 4.27. The molecule has 0 aromatic heterocycles. The Morgan fingerprint density at radius 3 is 1.75 bits per heavy atom. The molecule has 0 aromatic carbocycles. The predicted molar refractivity (Wildman–Crippen MR) is 26.5 cm³/mol. The van der Waals surface area contributed by atoms with Crippen LogP contribution in [0.15, 0.2) is 0 Å². The molecule has 2 heteroatoms. The number of thiocarbonyl (C=S) groups is 1. The molecule has 0 aliphatic rings. The van der Waals surface area contributed by atoms with Crippen LogP contribution in [0.3, 0.4) is 0 Å². The SMILES string of the molecule is CC=S.[KH]. The average Bonchev–Trinajstić information content (AvgIpc) is 0.918. The monoisotopic (exact) mass is 100.0 g/mol. The van der Waals surface area contributed by atoms with E-state index in [9.17, 15) is 0 Å². The minimum atomic E-state index is 0. The number of hydrogen-bond donors (Lipinski definition) is 0. The van der Waals surface area contributed by atoms with Crippen LogP contribution >= 0.6 is 12.2 Å². The first kappa shape index (κ1) is 9.21. The molecule has 20 valence electrons. The Kier molecular flexibility index (Phi) is 20.3. The standard InChI is InChI=1S/C2H4S.K.H/c1-2-3;;/h2H,1H3;;. The van der Waals surface area contributed by atoms with Crippen LogP contribution in [0, 0.1) is 0 Å². The first-order valence-corrected chi connectivity index (χ1v) is 1.28. The third-order valence-electron chi connectivity index (χ3n) is 0. The summed E-state index contributed by atoms with van der Waals surface area (Å²) in [6.07, 6.45) is 0. The molecule has 0 saturated heterocycles. The molecule has 0 aromatic rings. The zero-order valence-corrected chi connectivity index (χ0v) is 2.80. The average molecular weight is 100 g/mol. The van der Waals surface area contributed by atoms with Crippen molar-refractivity contribution in [2.45, 2.75) is 6.92 Å². The molecule has 0 atom stereocenters. The van der Waals surface area contributed by atoms with E-state index < -0.39 is 0 Å². The molecule has 0 rings (SSSR count). The summed E-state index contributed by atoms with van der Waals surface area (Å²) in [7, 11) is 0. The van der Waals surface area contributed by atoms with E-state index in [1.165, 1.54) is 0 Å². The zero-order chi connectivity index (χ0) is 2.71. The molecule has 0 nitrogen and oxygen atoms in total. The Labute approximate surface area is 74.4 Å². The van der Waals surface area contributed by atoms with Crippen molar-refractivity contribution in [3.63, 3.8) is 0 Å². The van der Waals surface area contributed by atoms with Gasteiger partial charge >= 0.3 is 51.4 Å². The van der Waals surface area contributed by atoms with Gasteiger partial charge in [0.05, 0.1) is 0 Å². The van der Waals surface area contributed by atoms with Crippen molar-refractivity contribution in [2.24, 2.45) is 0 Å². The first-order chi connectivity index (χ1) is 1.41. The minimum absolute atomic E-state index is 0. The molecule has 0 saturated carbocycles. The second-order valence-corrected chi connectivity index (χ2v) is 0.707. The Morgan fingerprint density at radius 2 is 1.75 bits per heavy atom. The van der Waals surface area contributed by atoms with Gasteiger partial charge in [-0.2, -0.15) is 0 Å². The predicted octanol–water partition coefficient (Wildman–Crippen LogP) is 0.357. The Morgan fingerprint density at radius 1 is 1.75 bits per heavy atom. The van der Waals surface area contributed by atoms with Crippen LogP contribution < -0.4 is 0 Å². The molecule has 0 bridgehead atoms. The fraction of sp³-hybridized carbons (Fsp3) is 0.500. The molecule has 0 unspecified atom stereocenters. The van der Waals surface area contributed by atoms with Crippen molar-refractivity contribution < 1.29 is 0 Å². The normalized spacial score (nSPS) is 3.25. The van der Waals surface area contributed by atoms with E-state index in [-0.39, 0.29) is 51.4 Å². The summed E-state index contributed by atoms with van der Waals surface area (Å²) in [4.78, 5) is 0. The van der Waals surface area contributed by atoms with Crippen molar-refractivity contribution in [2.75, 3.05) is 0 Å². The van der Waals surface area contributed by atoms with Gasteiger partial charge in [-0.3, -0.25) is 0 Å². The maximum absolute atomic E-state index is 4.27. The van der Waals surface area contributed by atoms with Gasteiger partial charge in [0, 0.05) is 0 Å². The molecular formula is C2H5KS. The molecule has 0 aliphatic heterocycles. The fourth-order valence-corrected chi connectivity index (χ4v) is 0. The molecule has 0 amide bonds. The summed E-state index contributed by atoms with van der Waals surface area (Å²) in [5.74, 6) is 0. The number of hydrogen-bond acceptors (Lipinski definition) is 1. The summed E-state index contributed by atoms with van der Waals surface area (Å²) in [6, 6.07) is 0. The Hall–Kier alpha value is 1.73. The van der Waals surface area contributed by atoms with Crippen molar-refractivity contribution in [1.29, 1.82) is 0 Å². The van der Waals surface area contributed by atoms with Crippen molar-refractivity contribution in [3.05, 3.63) is 0 Å². The summed E-state index contributed by atoms with van der Waals surface area (Å²) in [5, 5.41) is 1.58. The van der Waals surface area contributed by atoms with Crippen LogP contribution in [-0.4, -0.2) is 56.8 Å². The van der Waals surface area contributed by atoms with E-state index in [4.69, 9.17) is 0 Å². The molecule has 0 spiro atoms. The van der Waals surface area contributed by atoms with Gasteiger partial charge in [0.25, 0.3) is 0 Å². The van der Waals surface area contributed by atoms with Gasteiger partial charge in [-0.25, -0.2) is 0 Å². The Balaban J connectivity index is 0.